The van der Waals surface area contributed by atoms with Crippen LogP contribution in [0.15, 0.2) is 30.3 Å². The zero-order chi connectivity index (χ0) is 13.4. The second-order valence-corrected chi connectivity index (χ2v) is 5.31. The van der Waals surface area contributed by atoms with Gasteiger partial charge in [-0.2, -0.15) is 0 Å². The summed E-state index contributed by atoms with van der Waals surface area (Å²) in [5.74, 6) is 1.58. The lowest BCUT2D eigenvalue weighted by Gasteiger charge is -2.01. The zero-order valence-electron chi connectivity index (χ0n) is 10.1. The number of halogens is 1. The molecule has 0 aliphatic rings. The Labute approximate surface area is 123 Å². The summed E-state index contributed by atoms with van der Waals surface area (Å²) < 4.78 is 1.04. The Balaban J connectivity index is 2.17. The van der Waals surface area contributed by atoms with Gasteiger partial charge in [0.2, 0.25) is 0 Å². The molecule has 0 aliphatic carbocycles. The predicted octanol–water partition coefficient (Wildman–Crippen LogP) is 2.98. The minimum atomic E-state index is 0.202. The molecule has 6 heteroatoms. The third-order valence-electron chi connectivity index (χ3n) is 2.82. The molecule has 0 saturated heterocycles. The van der Waals surface area contributed by atoms with Crippen molar-refractivity contribution in [2.75, 3.05) is 12.4 Å². The summed E-state index contributed by atoms with van der Waals surface area (Å²) in [6.45, 7) is 0. The number of nitrogens with zero attached hydrogens (tertiary/aromatic N) is 2. The summed E-state index contributed by atoms with van der Waals surface area (Å²) in [6.07, 6.45) is 0. The summed E-state index contributed by atoms with van der Waals surface area (Å²) in [4.78, 5) is 11.9. The highest BCUT2D eigenvalue weighted by Gasteiger charge is 2.11. The third-order valence-corrected chi connectivity index (χ3v) is 3.49. The van der Waals surface area contributed by atoms with Crippen molar-refractivity contribution in [2.24, 2.45) is 0 Å². The molecule has 0 amide bonds. The van der Waals surface area contributed by atoms with Crippen molar-refractivity contribution in [1.82, 2.24) is 15.0 Å². The molecule has 3 aromatic rings. The van der Waals surface area contributed by atoms with E-state index in [0.29, 0.717) is 17.0 Å². The lowest BCUT2D eigenvalue weighted by atomic mass is 10.2. The van der Waals surface area contributed by atoms with Crippen LogP contribution < -0.4 is 5.32 Å². The highest BCUT2D eigenvalue weighted by Crippen LogP contribution is 2.29. The molecule has 19 heavy (non-hydrogen) atoms. The van der Waals surface area contributed by atoms with Crippen LogP contribution in [-0.2, 0) is 0 Å². The number of imidazole rings is 1. The second kappa shape index (κ2) is 4.69. The monoisotopic (exact) mass is 366 g/mol. The number of nitrogens with one attached hydrogen (secondary N) is 2. The zero-order valence-corrected chi connectivity index (χ0v) is 12.3. The van der Waals surface area contributed by atoms with E-state index in [9.17, 15) is 5.11 Å². The second-order valence-electron chi connectivity index (χ2n) is 4.06. The van der Waals surface area contributed by atoms with Gasteiger partial charge in [-0.1, -0.05) is 0 Å². The van der Waals surface area contributed by atoms with E-state index in [2.05, 4.69) is 42.9 Å². The number of anilines is 1. The number of pyridine rings is 1. The van der Waals surface area contributed by atoms with Gasteiger partial charge in [0.1, 0.15) is 17.4 Å². The molecule has 0 atom stereocenters. The maximum absolute atomic E-state index is 9.92. The summed E-state index contributed by atoms with van der Waals surface area (Å²) in [5.41, 5.74) is 2.14. The first-order valence-corrected chi connectivity index (χ1v) is 6.78. The van der Waals surface area contributed by atoms with Crippen LogP contribution in [0, 0.1) is 3.57 Å². The fraction of sp³-hybridized carbons (Fsp3) is 0.0769. The molecule has 0 saturated carbocycles. The lowest BCUT2D eigenvalue weighted by molar-refractivity contribution is 0.477. The topological polar surface area (TPSA) is 73.8 Å². The van der Waals surface area contributed by atoms with Crippen molar-refractivity contribution in [2.45, 2.75) is 0 Å². The number of aromatic hydroxyl groups is 1. The van der Waals surface area contributed by atoms with Gasteiger partial charge in [0.25, 0.3) is 0 Å². The normalized spacial score (nSPS) is 10.8. The number of phenols is 1. The highest BCUT2D eigenvalue weighted by molar-refractivity contribution is 14.1. The molecule has 1 aromatic carbocycles. The number of fused-ring (bicyclic) bond motifs is 1. The Bertz CT molecular complexity index is 753. The van der Waals surface area contributed by atoms with E-state index >= 15 is 0 Å². The lowest BCUT2D eigenvalue weighted by Crippen LogP contribution is -1.91. The molecule has 2 aromatic heterocycles. The molecule has 0 fully saturated rings. The minimum Gasteiger partial charge on any atom is -0.507 e. The molecule has 3 rings (SSSR count). The predicted molar refractivity (Wildman–Crippen MR) is 83.3 cm³/mol. The quantitative estimate of drug-likeness (QED) is 0.610. The minimum absolute atomic E-state index is 0.202. The number of aromatic nitrogens is 3. The van der Waals surface area contributed by atoms with Gasteiger partial charge in [0.15, 0.2) is 5.65 Å². The van der Waals surface area contributed by atoms with Crippen LogP contribution in [0.2, 0.25) is 0 Å². The summed E-state index contributed by atoms with van der Waals surface area (Å²) >= 11 is 2.20. The summed E-state index contributed by atoms with van der Waals surface area (Å²) in [5, 5.41) is 12.9. The smallest absolute Gasteiger partial charge is 0.180 e. The molecular weight excluding hydrogens is 355 g/mol. The van der Waals surface area contributed by atoms with Crippen LogP contribution in [0.5, 0.6) is 5.75 Å². The van der Waals surface area contributed by atoms with Gasteiger partial charge >= 0.3 is 0 Å². The van der Waals surface area contributed by atoms with E-state index in [0.717, 1.165) is 14.9 Å². The number of H-pyrrole nitrogens is 1. The molecule has 3 N–H and O–H groups in total. The number of rotatable bonds is 2. The molecular formula is C13H11IN4O. The number of phenolic OH excluding ortho intramolecular Hbond substituents is 1. The number of hydrogen-bond donors (Lipinski definition) is 3. The molecule has 0 bridgehead atoms. The van der Waals surface area contributed by atoms with Crippen molar-refractivity contribution < 1.29 is 5.11 Å². The first kappa shape index (κ1) is 12.2. The maximum atomic E-state index is 9.92. The van der Waals surface area contributed by atoms with Gasteiger partial charge < -0.3 is 15.4 Å². The SMILES string of the molecule is CNc1ccc2[nH]c(-c3cc(I)ccc3O)nc2n1. The van der Waals surface area contributed by atoms with E-state index in [1.54, 1.807) is 6.07 Å². The van der Waals surface area contributed by atoms with E-state index in [1.165, 1.54) is 0 Å². The van der Waals surface area contributed by atoms with E-state index < -0.39 is 0 Å². The van der Waals surface area contributed by atoms with E-state index in [1.807, 2.05) is 31.3 Å². The van der Waals surface area contributed by atoms with Crippen molar-refractivity contribution in [1.29, 1.82) is 0 Å². The Morgan fingerprint density at radius 2 is 2.05 bits per heavy atom. The summed E-state index contributed by atoms with van der Waals surface area (Å²) in [6, 6.07) is 9.18. The van der Waals surface area contributed by atoms with Gasteiger partial charge in [0.05, 0.1) is 11.1 Å². The van der Waals surface area contributed by atoms with E-state index in [-0.39, 0.29) is 5.75 Å². The van der Waals surface area contributed by atoms with Crippen molar-refractivity contribution in [3.8, 4) is 17.1 Å². The standard InChI is InChI=1S/C13H11IN4O/c1-15-11-5-3-9-13(17-11)18-12(16-9)8-6-7(14)2-4-10(8)19/h2-6,19H,1H3,(H2,15,16,17,18). The molecule has 0 radical (unpaired) electrons. The average Bonchev–Trinajstić information content (AvgIpc) is 2.83. The van der Waals surface area contributed by atoms with Gasteiger partial charge in [-0.25, -0.2) is 9.97 Å². The number of hydrogen-bond acceptors (Lipinski definition) is 4. The molecule has 0 aliphatic heterocycles. The summed E-state index contributed by atoms with van der Waals surface area (Å²) in [7, 11) is 1.81. The first-order chi connectivity index (χ1) is 9.17. The molecule has 2 heterocycles. The van der Waals surface area contributed by atoms with Crippen LogP contribution >= 0.6 is 22.6 Å². The average molecular weight is 366 g/mol. The van der Waals surface area contributed by atoms with Gasteiger partial charge in [-0.15, -0.1) is 0 Å². The first-order valence-electron chi connectivity index (χ1n) is 5.71. The largest absolute Gasteiger partial charge is 0.507 e. The Hall–Kier alpha value is -1.83. The van der Waals surface area contributed by atoms with Crippen LogP contribution in [-0.4, -0.2) is 27.1 Å². The van der Waals surface area contributed by atoms with Crippen molar-refractivity contribution >= 4 is 39.6 Å². The fourth-order valence-electron chi connectivity index (χ4n) is 1.86. The van der Waals surface area contributed by atoms with Crippen molar-refractivity contribution in [3.05, 3.63) is 33.9 Å². The number of benzene rings is 1. The molecule has 0 spiro atoms. The Morgan fingerprint density at radius 1 is 1.21 bits per heavy atom. The molecule has 5 nitrogen and oxygen atoms in total. The number of aromatic amines is 1. The van der Waals surface area contributed by atoms with Crippen LogP contribution in [0.4, 0.5) is 5.82 Å². The highest BCUT2D eigenvalue weighted by atomic mass is 127. The van der Waals surface area contributed by atoms with E-state index in [4.69, 9.17) is 0 Å². The third kappa shape index (κ3) is 2.23. The van der Waals surface area contributed by atoms with Gasteiger partial charge in [-0.05, 0) is 52.9 Å². The van der Waals surface area contributed by atoms with Crippen LogP contribution in [0.3, 0.4) is 0 Å². The molecule has 0 unspecified atom stereocenters. The maximum Gasteiger partial charge on any atom is 0.180 e. The fourth-order valence-corrected chi connectivity index (χ4v) is 2.35. The molecule has 96 valence electrons. The Kier molecular flexibility index (Phi) is 3.02. The van der Waals surface area contributed by atoms with Crippen LogP contribution in [0.25, 0.3) is 22.6 Å². The Morgan fingerprint density at radius 3 is 2.84 bits per heavy atom. The van der Waals surface area contributed by atoms with Gasteiger partial charge in [0, 0.05) is 10.6 Å². The van der Waals surface area contributed by atoms with Gasteiger partial charge in [-0.3, -0.25) is 0 Å². The van der Waals surface area contributed by atoms with Crippen LogP contribution in [0.1, 0.15) is 0 Å². The van der Waals surface area contributed by atoms with Crippen molar-refractivity contribution in [3.63, 3.8) is 0 Å².